The number of aliphatic hydroxyl groups excluding tert-OH is 1. The summed E-state index contributed by atoms with van der Waals surface area (Å²) in [4.78, 5) is 11.6. The summed E-state index contributed by atoms with van der Waals surface area (Å²) in [5, 5.41) is 18.4. The number of carbonyl (C=O) groups excluding carboxylic acids is 1. The minimum atomic E-state index is -0.456. The smallest absolute Gasteiger partial charge is 0.201 e. The molecule has 1 unspecified atom stereocenters. The molecular weight excluding hydrogens is 236 g/mol. The van der Waals surface area contributed by atoms with Crippen molar-refractivity contribution in [3.63, 3.8) is 0 Å². The molecule has 0 radical (unpaired) electrons. The largest absolute Gasteiger partial charge is 0.504 e. The first-order chi connectivity index (χ1) is 8.63. The van der Waals surface area contributed by atoms with Gasteiger partial charge in [0.05, 0.1) is 20.1 Å². The van der Waals surface area contributed by atoms with Crippen LogP contribution < -0.4 is 4.74 Å². The normalized spacial score (nSPS) is 21.1. The Bertz CT molecular complexity index is 492. The molecule has 1 saturated heterocycles. The first-order valence-corrected chi connectivity index (χ1v) is 5.53. The lowest BCUT2D eigenvalue weighted by Crippen LogP contribution is -2.09. The van der Waals surface area contributed by atoms with Crippen molar-refractivity contribution in [1.29, 1.82) is 0 Å². The van der Waals surface area contributed by atoms with Crippen molar-refractivity contribution >= 4 is 11.9 Å². The fourth-order valence-electron chi connectivity index (χ4n) is 1.75. The molecule has 0 aromatic heterocycles. The highest BCUT2D eigenvalue weighted by Gasteiger charge is 2.28. The van der Waals surface area contributed by atoms with E-state index >= 15 is 0 Å². The van der Waals surface area contributed by atoms with E-state index < -0.39 is 6.10 Å². The number of aliphatic hydroxyl groups is 1. The molecule has 1 heterocycles. The second-order valence-electron chi connectivity index (χ2n) is 3.99. The van der Waals surface area contributed by atoms with E-state index in [1.807, 2.05) is 0 Å². The Morgan fingerprint density at radius 2 is 2.33 bits per heavy atom. The summed E-state index contributed by atoms with van der Waals surface area (Å²) in [6, 6.07) is 4.73. The van der Waals surface area contributed by atoms with Gasteiger partial charge in [0.25, 0.3) is 0 Å². The molecule has 5 heteroatoms. The van der Waals surface area contributed by atoms with Crippen molar-refractivity contribution in [2.75, 3.05) is 13.7 Å². The zero-order chi connectivity index (χ0) is 13.1. The van der Waals surface area contributed by atoms with Crippen LogP contribution in [0.5, 0.6) is 11.5 Å². The molecule has 1 fully saturated rings. The molecule has 1 aliphatic rings. The molecule has 0 bridgehead atoms. The monoisotopic (exact) mass is 250 g/mol. The number of allylic oxidation sites excluding steroid dienone is 1. The average molecular weight is 250 g/mol. The Labute approximate surface area is 104 Å². The van der Waals surface area contributed by atoms with Crippen LogP contribution in [0.2, 0.25) is 0 Å². The van der Waals surface area contributed by atoms with E-state index in [2.05, 4.69) is 0 Å². The van der Waals surface area contributed by atoms with Crippen LogP contribution in [0.15, 0.2) is 24.0 Å². The van der Waals surface area contributed by atoms with Crippen LogP contribution >= 0.6 is 0 Å². The number of methoxy groups -OCH3 is 1. The maximum atomic E-state index is 11.6. The molecule has 0 spiro atoms. The minimum Gasteiger partial charge on any atom is -0.504 e. The van der Waals surface area contributed by atoms with E-state index in [1.165, 1.54) is 13.2 Å². The molecule has 96 valence electrons. The highest BCUT2D eigenvalue weighted by molar-refractivity contribution is 5.99. The van der Waals surface area contributed by atoms with Crippen molar-refractivity contribution in [1.82, 2.24) is 0 Å². The number of Topliss-reactive ketones (excluding diaryl/α,β-unsaturated/α-hetero) is 1. The minimum absolute atomic E-state index is 0.0338. The molecule has 0 saturated carbocycles. The molecule has 1 atom stereocenters. The molecule has 1 aromatic rings. The number of aromatic hydroxyl groups is 1. The molecule has 0 aliphatic carbocycles. The maximum Gasteiger partial charge on any atom is 0.201 e. The van der Waals surface area contributed by atoms with Gasteiger partial charge in [-0.05, 0) is 23.8 Å². The third-order valence-electron chi connectivity index (χ3n) is 2.69. The van der Waals surface area contributed by atoms with Crippen molar-refractivity contribution in [2.24, 2.45) is 0 Å². The van der Waals surface area contributed by atoms with Gasteiger partial charge in [-0.3, -0.25) is 4.79 Å². The van der Waals surface area contributed by atoms with Gasteiger partial charge in [0.1, 0.15) is 6.10 Å². The van der Waals surface area contributed by atoms with Crippen LogP contribution in [0.1, 0.15) is 12.0 Å². The number of benzene rings is 1. The Morgan fingerprint density at radius 1 is 1.56 bits per heavy atom. The lowest BCUT2D eigenvalue weighted by molar-refractivity contribution is -0.115. The zero-order valence-corrected chi connectivity index (χ0v) is 9.92. The quantitative estimate of drug-likeness (QED) is 0.785. The number of ether oxygens (including phenoxy) is 2. The van der Waals surface area contributed by atoms with E-state index in [1.54, 1.807) is 18.2 Å². The number of hydrogen-bond donors (Lipinski definition) is 2. The fraction of sp³-hybridized carbons (Fsp3) is 0.308. The first kappa shape index (κ1) is 12.4. The SMILES string of the molecule is COc1cc(C=C2OC(CO)CC2=O)ccc1O. The number of ketones is 1. The topological polar surface area (TPSA) is 76.0 Å². The third kappa shape index (κ3) is 2.46. The lowest BCUT2D eigenvalue weighted by atomic mass is 10.1. The number of rotatable bonds is 3. The highest BCUT2D eigenvalue weighted by Crippen LogP contribution is 2.28. The van der Waals surface area contributed by atoms with Gasteiger partial charge < -0.3 is 19.7 Å². The average Bonchev–Trinajstić information content (AvgIpc) is 2.72. The van der Waals surface area contributed by atoms with Crippen LogP contribution in [0.4, 0.5) is 0 Å². The summed E-state index contributed by atoms with van der Waals surface area (Å²) in [7, 11) is 1.45. The van der Waals surface area contributed by atoms with Gasteiger partial charge in [0, 0.05) is 0 Å². The number of carbonyl (C=O) groups is 1. The maximum absolute atomic E-state index is 11.6. The van der Waals surface area contributed by atoms with Crippen molar-refractivity contribution in [2.45, 2.75) is 12.5 Å². The summed E-state index contributed by atoms with van der Waals surface area (Å²) in [5.41, 5.74) is 0.687. The number of phenols is 1. The van der Waals surface area contributed by atoms with Gasteiger partial charge in [0.2, 0.25) is 5.78 Å². The van der Waals surface area contributed by atoms with E-state index in [0.29, 0.717) is 11.3 Å². The molecule has 0 amide bonds. The lowest BCUT2D eigenvalue weighted by Gasteiger charge is -2.06. The number of hydrogen-bond acceptors (Lipinski definition) is 5. The Morgan fingerprint density at radius 3 is 2.94 bits per heavy atom. The van der Waals surface area contributed by atoms with Crippen LogP contribution in [0.25, 0.3) is 6.08 Å². The van der Waals surface area contributed by atoms with Gasteiger partial charge in [-0.15, -0.1) is 0 Å². The molecule has 5 nitrogen and oxygen atoms in total. The Kier molecular flexibility index (Phi) is 3.53. The fourth-order valence-corrected chi connectivity index (χ4v) is 1.75. The van der Waals surface area contributed by atoms with Crippen LogP contribution in [0.3, 0.4) is 0 Å². The van der Waals surface area contributed by atoms with Gasteiger partial charge in [-0.25, -0.2) is 0 Å². The highest BCUT2D eigenvalue weighted by atomic mass is 16.5. The van der Waals surface area contributed by atoms with Gasteiger partial charge >= 0.3 is 0 Å². The predicted octanol–water partition coefficient (Wildman–Crippen LogP) is 1.09. The second kappa shape index (κ2) is 5.10. The molecule has 18 heavy (non-hydrogen) atoms. The third-order valence-corrected chi connectivity index (χ3v) is 2.69. The number of phenolic OH excluding ortho intramolecular Hbond substituents is 1. The summed E-state index contributed by atoms with van der Waals surface area (Å²) in [5.74, 6) is 0.447. The van der Waals surface area contributed by atoms with E-state index in [0.717, 1.165) is 0 Å². The van der Waals surface area contributed by atoms with Crippen LogP contribution in [0, 0.1) is 0 Å². The summed E-state index contributed by atoms with van der Waals surface area (Å²) < 4.78 is 10.3. The van der Waals surface area contributed by atoms with E-state index in [4.69, 9.17) is 14.6 Å². The van der Waals surface area contributed by atoms with Crippen molar-refractivity contribution in [3.8, 4) is 11.5 Å². The standard InChI is InChI=1S/C13H14O5/c1-17-12-4-8(2-3-10(12)15)5-13-11(16)6-9(7-14)18-13/h2-5,9,14-15H,6-7H2,1H3. The Balaban J connectivity index is 2.25. The zero-order valence-electron chi connectivity index (χ0n) is 9.92. The summed E-state index contributed by atoms with van der Waals surface area (Å²) in [6.45, 7) is -0.179. The van der Waals surface area contributed by atoms with Crippen LogP contribution in [-0.4, -0.2) is 35.8 Å². The summed E-state index contributed by atoms with van der Waals surface area (Å²) in [6.07, 6.45) is 1.31. The summed E-state index contributed by atoms with van der Waals surface area (Å²) >= 11 is 0. The van der Waals surface area contributed by atoms with Crippen molar-refractivity contribution < 1.29 is 24.5 Å². The van der Waals surface area contributed by atoms with Gasteiger partial charge in [-0.1, -0.05) is 6.07 Å². The predicted molar refractivity (Wildman–Crippen MR) is 64.2 cm³/mol. The van der Waals surface area contributed by atoms with Gasteiger partial charge in [0.15, 0.2) is 17.3 Å². The van der Waals surface area contributed by atoms with E-state index in [9.17, 15) is 9.90 Å². The first-order valence-electron chi connectivity index (χ1n) is 5.53. The van der Waals surface area contributed by atoms with Crippen molar-refractivity contribution in [3.05, 3.63) is 29.5 Å². The molecule has 1 aromatic carbocycles. The Hall–Kier alpha value is -2.01. The molecule has 2 rings (SSSR count). The van der Waals surface area contributed by atoms with Gasteiger partial charge in [-0.2, -0.15) is 0 Å². The molecule has 1 aliphatic heterocycles. The van der Waals surface area contributed by atoms with Crippen LogP contribution in [-0.2, 0) is 9.53 Å². The second-order valence-corrected chi connectivity index (χ2v) is 3.99. The van der Waals surface area contributed by atoms with E-state index in [-0.39, 0.29) is 30.3 Å². The molecular formula is C13H14O5. The molecule has 2 N–H and O–H groups in total.